The molecule has 10 heterocycles. The second kappa shape index (κ2) is 71.4. The Balaban J connectivity index is 0.000000608. The molecule has 45 nitrogen and oxygen atoms in total. The lowest BCUT2D eigenvalue weighted by molar-refractivity contribution is -0.186. The number of likely N-dealkylation sites (N-methyl/N-ethyl adjacent to an activating group) is 1. The Morgan fingerprint density at radius 1 is 0.322 bits per heavy atom. The highest BCUT2D eigenvalue weighted by molar-refractivity contribution is 5.88. The van der Waals surface area contributed by atoms with Crippen LogP contribution in [0.1, 0.15) is 284 Å². The number of rotatable bonds is 47. The fourth-order valence-electron chi connectivity index (χ4n) is 15.7. The van der Waals surface area contributed by atoms with Crippen LogP contribution in [-0.4, -0.2) is 324 Å². The molecule has 0 spiro atoms. The van der Waals surface area contributed by atoms with E-state index in [-0.39, 0.29) is 201 Å². The van der Waals surface area contributed by atoms with Gasteiger partial charge in [0.05, 0.1) is 97.5 Å². The number of nitrogens with two attached hydrogens (primary N) is 1. The van der Waals surface area contributed by atoms with Crippen LogP contribution in [0.5, 0.6) is 0 Å². The van der Waals surface area contributed by atoms with E-state index in [9.17, 15) is 95.9 Å². The summed E-state index contributed by atoms with van der Waals surface area (Å²) >= 11 is 0. The molecule has 0 aromatic carbocycles. The standard InChI is InChI=1S/3C20H32N4O5.C11H22N2O.2C9H12N2O4.C9H18N2O.C2H6.CH4/c3*1-14(2)13-23-12-4-5-16(23)20(28)22-10-8-17(25)21-11-9-19(27)29-24-15(3)6-7-18(24)26;1-4-12-11(14)10-6-5-7-13(10)8-9(2)3;2*1-7-2-3-8(13)11(7)15-9(14)4-5-10-6-12;1-7(2)6-11-5-3-4-8(11)9(10)12;1-2;/h3*14,16H,3-13H2,1-2H3,(H,21,25)(H,22,28);9-10H,4-8H2,1-3H3,(H,12,14);2*6H,1-5H2,(H,10,12);7-8H,3-6H2,1-2H3,(H2,10,12);1-2H3;1H4/i1+1,2+1,16D,17+1,19+1,21+1,22+1;1+1,2+1,14+1,16D,17+1,21+1,22+1;1+1,2+1,13+1,14+1,16D,21+1,22+1;1+1,4+1,8+1,10D;2*6+1,9+1,10+1;8D,10+1;1+1,2+1;. The van der Waals surface area contributed by atoms with Crippen LogP contribution in [0, 0.1) is 29.6 Å². The lowest BCUT2D eigenvalue weighted by Gasteiger charge is -2.25. The summed E-state index contributed by atoms with van der Waals surface area (Å²) in [6, 6.07) is -5.98. The largest absolute Gasteiger partial charge is 0.368 e. The Morgan fingerprint density at radius 2 is 0.514 bits per heavy atom. The molecular formula is C101H170N20O25. The van der Waals surface area contributed by atoms with Gasteiger partial charge in [0.25, 0.3) is 29.5 Å². The Kier molecular flexibility index (Phi) is 59.1. The van der Waals surface area contributed by atoms with E-state index >= 15 is 0 Å². The predicted octanol–water partition coefficient (Wildman–Crippen LogP) is 5.07. The van der Waals surface area contributed by atoms with E-state index in [1.54, 1.807) is 0 Å². The number of allylic oxidation sites excluding steroid dienone is 5. The van der Waals surface area contributed by atoms with Gasteiger partial charge in [-0.1, -0.05) is 123 Å². The van der Waals surface area contributed by atoms with Gasteiger partial charge in [-0.2, -0.15) is 0 Å². The van der Waals surface area contributed by atoms with Crippen LogP contribution in [0.15, 0.2) is 61.4 Å². The Labute approximate surface area is 868 Å². The summed E-state index contributed by atoms with van der Waals surface area (Å²) in [4.78, 5) is 264. The summed E-state index contributed by atoms with van der Waals surface area (Å²) in [5, 5.41) is 27.7. The maximum atomic E-state index is 12.5. The van der Waals surface area contributed by atoms with Crippen molar-refractivity contribution in [1.82, 2.24) is 97.7 Å². The third-order valence-electron chi connectivity index (χ3n) is 22.4. The molecule has 15 amide bonds. The molecule has 0 aromatic heterocycles. The van der Waals surface area contributed by atoms with Crippen molar-refractivity contribution in [1.29, 1.82) is 0 Å². The number of hydroxylamine groups is 10. The normalized spacial score (nSPS) is 22.2. The highest BCUT2D eigenvalue weighted by Crippen LogP contribution is 2.29. The van der Waals surface area contributed by atoms with Crippen molar-refractivity contribution in [3.63, 3.8) is 0 Å². The average Bonchev–Trinajstić information content (AvgIpc) is 1.67. The van der Waals surface area contributed by atoms with Gasteiger partial charge in [-0.3, -0.25) is 96.4 Å². The maximum Gasteiger partial charge on any atom is 0.334 e. The van der Waals surface area contributed by atoms with E-state index in [2.05, 4.69) is 150 Å². The first-order valence-corrected chi connectivity index (χ1v) is 50.6. The lowest BCUT2D eigenvalue weighted by atomic mass is 10.2. The van der Waals surface area contributed by atoms with Crippen molar-refractivity contribution >= 4 is 119 Å². The summed E-state index contributed by atoms with van der Waals surface area (Å²) in [6.07, 6.45) is 11.7. The lowest BCUT2D eigenvalue weighted by Crippen LogP contribution is -2.45. The molecule has 10 fully saturated rings. The van der Waals surface area contributed by atoms with E-state index in [0.717, 1.165) is 103 Å². The summed E-state index contributed by atoms with van der Waals surface area (Å²) in [5.41, 5.74) is 7.51. The number of hydrogen-bond acceptors (Lipinski definition) is 30. The van der Waals surface area contributed by atoms with Crippen LogP contribution in [0.3, 0.4) is 0 Å². The molecule has 0 saturated carbocycles. The van der Waals surface area contributed by atoms with Crippen LogP contribution in [0.2, 0.25) is 0 Å². The van der Waals surface area contributed by atoms with Gasteiger partial charge in [-0.25, -0.2) is 24.0 Å². The van der Waals surface area contributed by atoms with E-state index in [0.29, 0.717) is 174 Å². The number of nitrogens with one attached hydrogen (secondary N) is 9. The molecular weight excluding hydrogens is 1920 g/mol. The van der Waals surface area contributed by atoms with Crippen molar-refractivity contribution < 1.29 is 127 Å². The van der Waals surface area contributed by atoms with Gasteiger partial charge >= 0.3 is 29.8 Å². The highest BCUT2D eigenvalue weighted by Gasteiger charge is 2.38. The summed E-state index contributed by atoms with van der Waals surface area (Å²) in [7, 11) is 0. The van der Waals surface area contributed by atoms with Crippen LogP contribution in [0.4, 0.5) is 0 Å². The molecule has 5 unspecified atom stereocenters. The van der Waals surface area contributed by atoms with Gasteiger partial charge in [-0.15, -0.1) is 25.3 Å². The first-order chi connectivity index (χ1) is 70.7. The summed E-state index contributed by atoms with van der Waals surface area (Å²) < 4.78 is 41.8. The minimum atomic E-state index is -1.28. The molecule has 824 valence electrons. The predicted molar refractivity (Wildman–Crippen MR) is 543 cm³/mol. The van der Waals surface area contributed by atoms with Gasteiger partial charge in [0, 0.05) is 143 Å². The molecule has 0 radical (unpaired) electrons. The molecule has 10 aliphatic rings. The number of amides is 15. The molecule has 0 aromatic rings. The third kappa shape index (κ3) is 50.3. The molecule has 10 aliphatic heterocycles. The molecule has 11 N–H and O–H groups in total. The number of primary amides is 1. The van der Waals surface area contributed by atoms with E-state index in [4.69, 9.17) is 36.8 Å². The molecule has 10 rings (SSSR count). The topological polar surface area (TPSA) is 554 Å². The van der Waals surface area contributed by atoms with Crippen molar-refractivity contribution in [2.24, 2.45) is 35.3 Å². The fourth-order valence-corrected chi connectivity index (χ4v) is 15.7. The van der Waals surface area contributed by atoms with Crippen LogP contribution in [0.25, 0.3) is 0 Å². The second-order valence-electron chi connectivity index (χ2n) is 37.2. The minimum absolute atomic E-state index is 0. The van der Waals surface area contributed by atoms with Gasteiger partial charge < -0.3 is 77.8 Å². The number of hydrogen-bond donors (Lipinski definition) is 10. The third-order valence-corrected chi connectivity index (χ3v) is 22.4. The molecule has 0 bridgehead atoms. The Hall–Kier alpha value is -12.1. The SMILES string of the molecule is C.C=C1CCC(=O)N1O[13C](=O)CC[15NH][13CH]=O.C=C1CCC(=O)N1O[13C](=O)CC[15NH][13CH]=O.[13CH3][13CH3].[2H]C1(C(=O)N[13CH2][13CH3])CCCN1[13CH2]C(C)C.[2H]C1(C(=O)[15NH]CCC(=O)[15NH]CCC(=O)ON2C(=C)CCC2=O)CCCN1[13CH2][13CH]([13CH3])[13CH3].[2H]C1(C(=O)[15NH]CC[13C](=O)[15NH]CCC(=O)ON2C(=C)CCC2=O)CCCN1C[13CH]([13CH3])[13CH3].[2H]C1(C(=O)[15NH]CC[13C](=O)[15NH]CC[13C](=O)ON2C(=C)CCC2=O)CCCN1CC([13CH3])[13CH3].[2H]C1(C([15NH2])=O)CCCN1CC(C)C. The fraction of sp³-hybridized carbons (Fsp3) is 0.703. The first kappa shape index (κ1) is 121. The van der Waals surface area contributed by atoms with Gasteiger partial charge in [0.15, 0.2) is 0 Å². The van der Waals surface area contributed by atoms with Crippen LogP contribution >= 0.6 is 0 Å². The molecule has 146 heavy (non-hydrogen) atoms. The molecule has 0 aliphatic carbocycles. The zero-order valence-electron chi connectivity index (χ0n) is 92.6. The maximum absolute atomic E-state index is 12.5. The molecule has 10 saturated heterocycles. The van der Waals surface area contributed by atoms with E-state index in [1.807, 2.05) is 45.3 Å². The van der Waals surface area contributed by atoms with Crippen molar-refractivity contribution in [2.45, 2.75) is 307 Å². The second-order valence-corrected chi connectivity index (χ2v) is 37.2. The van der Waals surface area contributed by atoms with Crippen molar-refractivity contribution in [3.8, 4) is 0 Å². The Morgan fingerprint density at radius 3 is 0.699 bits per heavy atom. The number of likely N-dealkylation sites (tertiary alicyclic amines) is 5. The summed E-state index contributed by atoms with van der Waals surface area (Å²) in [5.74, 6) is -5.22. The molecule has 45 heteroatoms. The van der Waals surface area contributed by atoms with Gasteiger partial charge in [0.1, 0.15) is 0 Å². The smallest absolute Gasteiger partial charge is 0.334 e. The highest BCUT2D eigenvalue weighted by atomic mass is 16.8. The number of carbonyl (C=O) groups excluding carboxylic acids is 20. The quantitative estimate of drug-likeness (QED) is 0.0164. The summed E-state index contributed by atoms with van der Waals surface area (Å²) in [6.45, 7) is 53.8. The zero-order chi connectivity index (χ0) is 113. The van der Waals surface area contributed by atoms with Crippen LogP contribution in [-0.2, 0) is 120 Å². The number of nitrogens with zero attached hydrogens (tertiary/aromatic N) is 10. The average molecular weight is 2100 g/mol. The number of carbonyl (C=O) groups is 20. The molecule has 5 atom stereocenters. The van der Waals surface area contributed by atoms with Crippen LogP contribution < -0.4 is 53.6 Å². The minimum Gasteiger partial charge on any atom is -0.368 e. The zero-order valence-corrected chi connectivity index (χ0v) is 87.6. The monoisotopic (exact) mass is 2100 g/mol. The van der Waals surface area contributed by atoms with E-state index < -0.39 is 65.8 Å². The van der Waals surface area contributed by atoms with Gasteiger partial charge in [0.2, 0.25) is 60.1 Å². The van der Waals surface area contributed by atoms with Crippen molar-refractivity contribution in [2.75, 3.05) is 124 Å². The first-order valence-electron chi connectivity index (χ1n) is 53.1. The Bertz CT molecular complexity index is 4240. The van der Waals surface area contributed by atoms with Gasteiger partial charge in [-0.05, 0) is 166 Å². The van der Waals surface area contributed by atoms with E-state index in [1.165, 1.54) is 0 Å². The van der Waals surface area contributed by atoms with Crippen molar-refractivity contribution in [3.05, 3.63) is 61.4 Å².